The van der Waals surface area contributed by atoms with Crippen LogP contribution in [-0.2, 0) is 4.79 Å². The fraction of sp³-hybridized carbons (Fsp3) is 0.588. The summed E-state index contributed by atoms with van der Waals surface area (Å²) in [5.41, 5.74) is 0. The Balaban J connectivity index is 0.00000192. The Labute approximate surface area is 157 Å². The second-order valence-electron chi connectivity index (χ2n) is 6.19. The summed E-state index contributed by atoms with van der Waals surface area (Å²) in [6, 6.07) is 8.29. The topological polar surface area (TPSA) is 32.3 Å². The van der Waals surface area contributed by atoms with Crippen LogP contribution >= 0.6 is 40.1 Å². The Hall–Kier alpha value is -0.230. The molecular weight excluding hydrogens is 396 g/mol. The van der Waals surface area contributed by atoms with Gasteiger partial charge in [-0.2, -0.15) is 0 Å². The van der Waals surface area contributed by atoms with Crippen LogP contribution in [0.2, 0.25) is 0 Å². The van der Waals surface area contributed by atoms with Gasteiger partial charge in [0.15, 0.2) is 0 Å². The first kappa shape index (κ1) is 19.1. The monoisotopic (exact) mass is 418 g/mol. The van der Waals surface area contributed by atoms with Gasteiger partial charge in [0.2, 0.25) is 5.91 Å². The minimum atomic E-state index is 0. The molecule has 2 saturated heterocycles. The smallest absolute Gasteiger partial charge is 0.223 e. The van der Waals surface area contributed by atoms with Gasteiger partial charge in [0.1, 0.15) is 0 Å². The number of carbonyl (C=O) groups excluding carboxylic acids is 1. The highest BCUT2D eigenvalue weighted by Gasteiger charge is 2.31. The molecule has 2 heterocycles. The zero-order chi connectivity index (χ0) is 15.4. The van der Waals surface area contributed by atoms with Gasteiger partial charge in [-0.1, -0.05) is 15.9 Å². The van der Waals surface area contributed by atoms with E-state index in [1.165, 1.54) is 17.7 Å². The maximum Gasteiger partial charge on any atom is 0.223 e. The summed E-state index contributed by atoms with van der Waals surface area (Å²) in [4.78, 5) is 15.7. The lowest BCUT2D eigenvalue weighted by Gasteiger charge is -2.20. The molecule has 2 aliphatic rings. The lowest BCUT2D eigenvalue weighted by atomic mass is 9.92. The number of rotatable bonds is 4. The molecule has 1 amide bonds. The van der Waals surface area contributed by atoms with Crippen molar-refractivity contribution in [1.29, 1.82) is 0 Å². The lowest BCUT2D eigenvalue weighted by molar-refractivity contribution is -0.130. The third kappa shape index (κ3) is 5.38. The van der Waals surface area contributed by atoms with E-state index in [-0.39, 0.29) is 12.4 Å². The predicted octanol–water partition coefficient (Wildman–Crippen LogP) is 3.81. The minimum absolute atomic E-state index is 0. The third-order valence-electron chi connectivity index (χ3n) is 4.77. The van der Waals surface area contributed by atoms with Gasteiger partial charge in [-0.25, -0.2) is 0 Å². The fourth-order valence-electron chi connectivity index (χ4n) is 3.41. The number of thioether (sulfide) groups is 1. The van der Waals surface area contributed by atoms with Crippen LogP contribution in [-0.4, -0.2) is 42.7 Å². The summed E-state index contributed by atoms with van der Waals surface area (Å²) in [5, 5.41) is 3.48. The van der Waals surface area contributed by atoms with E-state index < -0.39 is 0 Å². The Bertz CT molecular complexity index is 500. The van der Waals surface area contributed by atoms with Crippen LogP contribution < -0.4 is 5.32 Å². The molecule has 6 heteroatoms. The van der Waals surface area contributed by atoms with Crippen molar-refractivity contribution in [3.63, 3.8) is 0 Å². The van der Waals surface area contributed by atoms with Crippen LogP contribution in [0.1, 0.15) is 19.3 Å². The molecule has 0 saturated carbocycles. The molecular formula is C17H24BrClN2OS. The number of halogens is 2. The standard InChI is InChI=1S/C17H23BrN2OS.ClH/c18-15-1-3-16(4-2-15)22-10-7-17(21)20-8-5-13-11-19-12-14(13)6-9-20;/h1-4,13-14,19H,5-12H2;1H/t13-,14+;. The molecule has 0 unspecified atom stereocenters. The Morgan fingerprint density at radius 2 is 1.78 bits per heavy atom. The number of hydrogen-bond donors (Lipinski definition) is 1. The van der Waals surface area contributed by atoms with Crippen molar-refractivity contribution in [3.05, 3.63) is 28.7 Å². The predicted molar refractivity (Wildman–Crippen MR) is 102 cm³/mol. The van der Waals surface area contributed by atoms with Crippen molar-refractivity contribution in [2.24, 2.45) is 11.8 Å². The molecule has 2 fully saturated rings. The number of carbonyl (C=O) groups is 1. The molecule has 2 aliphatic heterocycles. The number of fused-ring (bicyclic) bond motifs is 1. The van der Waals surface area contributed by atoms with Crippen LogP contribution in [0.3, 0.4) is 0 Å². The highest BCUT2D eigenvalue weighted by Crippen LogP contribution is 2.27. The number of nitrogens with zero attached hydrogens (tertiary/aromatic N) is 1. The molecule has 3 rings (SSSR count). The molecule has 1 aromatic carbocycles. The van der Waals surface area contributed by atoms with Gasteiger partial charge in [-0.15, -0.1) is 24.2 Å². The van der Waals surface area contributed by atoms with Crippen LogP contribution in [0.25, 0.3) is 0 Å². The molecule has 1 N–H and O–H groups in total. The van der Waals surface area contributed by atoms with E-state index in [0.717, 1.165) is 48.2 Å². The molecule has 3 nitrogen and oxygen atoms in total. The van der Waals surface area contributed by atoms with Crippen LogP contribution in [0.5, 0.6) is 0 Å². The Morgan fingerprint density at radius 3 is 2.39 bits per heavy atom. The first-order valence-electron chi connectivity index (χ1n) is 8.09. The third-order valence-corrected chi connectivity index (χ3v) is 6.31. The van der Waals surface area contributed by atoms with E-state index in [4.69, 9.17) is 0 Å². The zero-order valence-electron chi connectivity index (χ0n) is 13.2. The van der Waals surface area contributed by atoms with Gasteiger partial charge < -0.3 is 10.2 Å². The summed E-state index contributed by atoms with van der Waals surface area (Å²) in [6.07, 6.45) is 2.99. The van der Waals surface area contributed by atoms with Gasteiger partial charge in [0.25, 0.3) is 0 Å². The molecule has 0 bridgehead atoms. The summed E-state index contributed by atoms with van der Waals surface area (Å²) >= 11 is 5.21. The molecule has 23 heavy (non-hydrogen) atoms. The van der Waals surface area contributed by atoms with Gasteiger partial charge in [0, 0.05) is 34.6 Å². The van der Waals surface area contributed by atoms with E-state index in [2.05, 4.69) is 38.3 Å². The average Bonchev–Trinajstić information content (AvgIpc) is 2.87. The first-order chi connectivity index (χ1) is 10.7. The minimum Gasteiger partial charge on any atom is -0.343 e. The van der Waals surface area contributed by atoms with Crippen molar-refractivity contribution in [1.82, 2.24) is 10.2 Å². The van der Waals surface area contributed by atoms with Crippen molar-refractivity contribution in [3.8, 4) is 0 Å². The zero-order valence-corrected chi connectivity index (χ0v) is 16.4. The highest BCUT2D eigenvalue weighted by atomic mass is 79.9. The van der Waals surface area contributed by atoms with Gasteiger partial charge in [-0.3, -0.25) is 4.79 Å². The second-order valence-corrected chi connectivity index (χ2v) is 8.27. The molecule has 2 atom stereocenters. The van der Waals surface area contributed by atoms with E-state index in [1.54, 1.807) is 11.8 Å². The molecule has 128 valence electrons. The molecule has 0 radical (unpaired) electrons. The van der Waals surface area contributed by atoms with Crippen molar-refractivity contribution in [2.45, 2.75) is 24.2 Å². The average molecular weight is 420 g/mol. The molecule has 0 spiro atoms. The van der Waals surface area contributed by atoms with Crippen molar-refractivity contribution >= 4 is 46.0 Å². The Morgan fingerprint density at radius 1 is 1.17 bits per heavy atom. The van der Waals surface area contributed by atoms with E-state index in [9.17, 15) is 4.79 Å². The fourth-order valence-corrected chi connectivity index (χ4v) is 4.52. The summed E-state index contributed by atoms with van der Waals surface area (Å²) < 4.78 is 1.09. The summed E-state index contributed by atoms with van der Waals surface area (Å²) in [5.74, 6) is 2.77. The molecule has 1 aromatic rings. The van der Waals surface area contributed by atoms with E-state index in [0.29, 0.717) is 12.3 Å². The van der Waals surface area contributed by atoms with E-state index >= 15 is 0 Å². The molecule has 0 aliphatic carbocycles. The largest absolute Gasteiger partial charge is 0.343 e. The van der Waals surface area contributed by atoms with Crippen molar-refractivity contribution in [2.75, 3.05) is 31.9 Å². The maximum atomic E-state index is 12.4. The second kappa shape index (κ2) is 9.30. The number of likely N-dealkylation sites (tertiary alicyclic amines) is 1. The first-order valence-corrected chi connectivity index (χ1v) is 9.87. The van der Waals surface area contributed by atoms with E-state index in [1.807, 2.05) is 12.1 Å². The highest BCUT2D eigenvalue weighted by molar-refractivity contribution is 9.10. The Kier molecular flexibility index (Phi) is 7.73. The van der Waals surface area contributed by atoms with Crippen LogP contribution in [0, 0.1) is 11.8 Å². The lowest BCUT2D eigenvalue weighted by Crippen LogP contribution is -2.32. The summed E-state index contributed by atoms with van der Waals surface area (Å²) in [6.45, 7) is 4.19. The van der Waals surface area contributed by atoms with Gasteiger partial charge in [0.05, 0.1) is 0 Å². The molecule has 0 aromatic heterocycles. The maximum absolute atomic E-state index is 12.4. The van der Waals surface area contributed by atoms with Crippen LogP contribution in [0.4, 0.5) is 0 Å². The number of hydrogen-bond acceptors (Lipinski definition) is 3. The van der Waals surface area contributed by atoms with Gasteiger partial charge >= 0.3 is 0 Å². The quantitative estimate of drug-likeness (QED) is 0.753. The van der Waals surface area contributed by atoms with Crippen molar-refractivity contribution < 1.29 is 4.79 Å². The summed E-state index contributed by atoms with van der Waals surface area (Å²) in [7, 11) is 0. The number of nitrogens with one attached hydrogen (secondary N) is 1. The van der Waals surface area contributed by atoms with Crippen LogP contribution in [0.15, 0.2) is 33.6 Å². The number of amides is 1. The normalized spacial score (nSPS) is 23.8. The van der Waals surface area contributed by atoms with Gasteiger partial charge in [-0.05, 0) is 62.0 Å². The SMILES string of the molecule is Cl.O=C(CCSc1ccc(Br)cc1)N1CC[C@@H]2CNC[C@@H]2CC1. The number of benzene rings is 1.